The summed E-state index contributed by atoms with van der Waals surface area (Å²) in [7, 11) is 0. The van der Waals surface area contributed by atoms with Gasteiger partial charge in [0.1, 0.15) is 6.54 Å². The Kier molecular flexibility index (Phi) is 4.71. The van der Waals surface area contributed by atoms with Gasteiger partial charge in [-0.2, -0.15) is 18.3 Å². The number of rotatable bonds is 4. The number of aromatic nitrogens is 2. The molecule has 0 bridgehead atoms. The number of fused-ring (bicyclic) bond motifs is 1. The van der Waals surface area contributed by atoms with Gasteiger partial charge in [0.25, 0.3) is 0 Å². The molecule has 138 valence electrons. The maximum absolute atomic E-state index is 13.2. The Morgan fingerprint density at radius 1 is 1.31 bits per heavy atom. The Labute approximate surface area is 147 Å². The van der Waals surface area contributed by atoms with Gasteiger partial charge in [-0.05, 0) is 12.1 Å². The Balaban J connectivity index is 1.72. The van der Waals surface area contributed by atoms with Crippen LogP contribution in [0.2, 0.25) is 0 Å². The van der Waals surface area contributed by atoms with Gasteiger partial charge in [-0.3, -0.25) is 14.3 Å². The highest BCUT2D eigenvalue weighted by Crippen LogP contribution is 2.34. The number of hydrogen-bond acceptors (Lipinski definition) is 3. The highest BCUT2D eigenvalue weighted by atomic mass is 19.4. The van der Waals surface area contributed by atoms with E-state index in [0.29, 0.717) is 5.52 Å². The van der Waals surface area contributed by atoms with Crippen molar-refractivity contribution in [3.8, 4) is 0 Å². The topological polar surface area (TPSA) is 67.2 Å². The molecule has 2 atom stereocenters. The molecule has 1 aromatic carbocycles. The fourth-order valence-electron chi connectivity index (χ4n) is 3.06. The minimum Gasteiger partial charge on any atom is -0.347 e. The van der Waals surface area contributed by atoms with Crippen LogP contribution < -0.4 is 5.32 Å². The smallest absolute Gasteiger partial charge is 0.347 e. The van der Waals surface area contributed by atoms with Crippen molar-refractivity contribution >= 4 is 22.7 Å². The minimum atomic E-state index is -4.52. The van der Waals surface area contributed by atoms with Gasteiger partial charge in [-0.1, -0.05) is 24.8 Å². The summed E-state index contributed by atoms with van der Waals surface area (Å²) in [4.78, 5) is 24.9. The van der Waals surface area contributed by atoms with E-state index in [0.717, 1.165) is 16.4 Å². The van der Waals surface area contributed by atoms with Crippen molar-refractivity contribution in [2.45, 2.75) is 18.8 Å². The number of halogens is 3. The number of likely N-dealkylation sites (tertiary alicyclic amines) is 1. The molecular formula is C17H17F3N4O2. The number of benzene rings is 1. The predicted octanol–water partition coefficient (Wildman–Crippen LogP) is 1.73. The molecule has 6 nitrogen and oxygen atoms in total. The molecule has 1 aliphatic heterocycles. The summed E-state index contributed by atoms with van der Waals surface area (Å²) in [6.07, 6.45) is -1.94. The lowest BCUT2D eigenvalue weighted by Gasteiger charge is -2.21. The summed E-state index contributed by atoms with van der Waals surface area (Å²) in [5, 5.41) is 7.34. The van der Waals surface area contributed by atoms with Gasteiger partial charge in [-0.25, -0.2) is 0 Å². The number of nitrogens with one attached hydrogen (secondary N) is 1. The van der Waals surface area contributed by atoms with Crippen LogP contribution in [0.5, 0.6) is 0 Å². The highest BCUT2D eigenvalue weighted by molar-refractivity contribution is 5.87. The molecule has 1 fully saturated rings. The normalized spacial score (nSPS) is 20.3. The Morgan fingerprint density at radius 3 is 2.69 bits per heavy atom. The van der Waals surface area contributed by atoms with Crippen LogP contribution in [0.15, 0.2) is 43.1 Å². The van der Waals surface area contributed by atoms with Gasteiger partial charge in [0.2, 0.25) is 11.8 Å². The molecule has 9 heteroatoms. The van der Waals surface area contributed by atoms with Crippen LogP contribution in [0.1, 0.15) is 0 Å². The van der Waals surface area contributed by atoms with E-state index in [9.17, 15) is 22.8 Å². The lowest BCUT2D eigenvalue weighted by Crippen LogP contribution is -2.44. The van der Waals surface area contributed by atoms with Gasteiger partial charge in [0.05, 0.1) is 17.5 Å². The maximum Gasteiger partial charge on any atom is 0.395 e. The molecule has 1 N–H and O–H groups in total. The zero-order chi connectivity index (χ0) is 18.9. The minimum absolute atomic E-state index is 0.165. The van der Waals surface area contributed by atoms with Crippen LogP contribution in [0.3, 0.4) is 0 Å². The van der Waals surface area contributed by atoms with E-state index in [4.69, 9.17) is 0 Å². The first-order valence-electron chi connectivity index (χ1n) is 7.97. The molecule has 3 rings (SSSR count). The summed E-state index contributed by atoms with van der Waals surface area (Å²) >= 11 is 0. The molecule has 0 spiro atoms. The zero-order valence-corrected chi connectivity index (χ0v) is 13.7. The van der Waals surface area contributed by atoms with E-state index in [1.165, 1.54) is 4.68 Å². The Bertz CT molecular complexity index is 813. The number of carbonyl (C=O) groups excluding carboxylic acids is 2. The first-order chi connectivity index (χ1) is 12.3. The van der Waals surface area contributed by atoms with E-state index in [1.807, 2.05) is 18.2 Å². The van der Waals surface area contributed by atoms with Crippen LogP contribution in [-0.2, 0) is 16.1 Å². The molecule has 2 heterocycles. The van der Waals surface area contributed by atoms with Crippen molar-refractivity contribution in [1.82, 2.24) is 20.0 Å². The van der Waals surface area contributed by atoms with Gasteiger partial charge in [0.15, 0.2) is 0 Å². The quantitative estimate of drug-likeness (QED) is 0.838. The van der Waals surface area contributed by atoms with Crippen molar-refractivity contribution in [2.75, 3.05) is 13.1 Å². The molecule has 1 aromatic heterocycles. The van der Waals surface area contributed by atoms with Crippen molar-refractivity contribution in [3.05, 3.63) is 43.1 Å². The molecule has 0 radical (unpaired) electrons. The summed E-state index contributed by atoms with van der Waals surface area (Å²) in [5.74, 6) is -2.99. The van der Waals surface area contributed by atoms with E-state index in [-0.39, 0.29) is 13.1 Å². The number of amides is 2. The van der Waals surface area contributed by atoms with E-state index >= 15 is 0 Å². The second-order valence-electron chi connectivity index (χ2n) is 6.15. The van der Waals surface area contributed by atoms with Crippen LogP contribution in [-0.4, -0.2) is 51.8 Å². The second kappa shape index (κ2) is 6.81. The maximum atomic E-state index is 13.2. The fraction of sp³-hybridized carbons (Fsp3) is 0.353. The SMILES string of the molecule is C=CC(=O)N[C@@H]1CN(C(=O)Cn2cc3ccccc3n2)C[C@H]1C(F)(F)F. The van der Waals surface area contributed by atoms with Crippen LogP contribution in [0, 0.1) is 5.92 Å². The molecule has 2 aromatic rings. The van der Waals surface area contributed by atoms with Gasteiger partial charge in [0, 0.05) is 24.7 Å². The predicted molar refractivity (Wildman–Crippen MR) is 88.0 cm³/mol. The summed E-state index contributed by atoms with van der Waals surface area (Å²) in [6, 6.07) is 6.06. The van der Waals surface area contributed by atoms with Crippen molar-refractivity contribution in [1.29, 1.82) is 0 Å². The molecule has 0 unspecified atom stereocenters. The molecule has 1 aliphatic rings. The molecule has 26 heavy (non-hydrogen) atoms. The first kappa shape index (κ1) is 18.0. The second-order valence-corrected chi connectivity index (χ2v) is 6.15. The molecule has 2 amide bonds. The van der Waals surface area contributed by atoms with E-state index < -0.39 is 36.5 Å². The van der Waals surface area contributed by atoms with Gasteiger partial charge < -0.3 is 10.2 Å². The van der Waals surface area contributed by atoms with E-state index in [1.54, 1.807) is 12.3 Å². The number of nitrogens with zero attached hydrogens (tertiary/aromatic N) is 3. The average molecular weight is 366 g/mol. The molecule has 1 saturated heterocycles. The summed E-state index contributed by atoms with van der Waals surface area (Å²) in [5.41, 5.74) is 0.700. The average Bonchev–Trinajstić information content (AvgIpc) is 3.17. The van der Waals surface area contributed by atoms with Crippen LogP contribution in [0.25, 0.3) is 10.9 Å². The highest BCUT2D eigenvalue weighted by Gasteiger charge is 2.51. The third kappa shape index (κ3) is 3.71. The van der Waals surface area contributed by atoms with E-state index in [2.05, 4.69) is 17.0 Å². The van der Waals surface area contributed by atoms with Crippen LogP contribution in [0.4, 0.5) is 13.2 Å². The van der Waals surface area contributed by atoms with Gasteiger partial charge >= 0.3 is 6.18 Å². The lowest BCUT2D eigenvalue weighted by atomic mass is 10.0. The zero-order valence-electron chi connectivity index (χ0n) is 13.7. The number of alkyl halides is 3. The lowest BCUT2D eigenvalue weighted by molar-refractivity contribution is -0.175. The third-order valence-corrected chi connectivity index (χ3v) is 4.36. The summed E-state index contributed by atoms with van der Waals surface area (Å²) < 4.78 is 41.1. The van der Waals surface area contributed by atoms with Gasteiger partial charge in [-0.15, -0.1) is 0 Å². The van der Waals surface area contributed by atoms with Crippen molar-refractivity contribution < 1.29 is 22.8 Å². The summed E-state index contributed by atoms with van der Waals surface area (Å²) in [6.45, 7) is 2.37. The van der Waals surface area contributed by atoms with Crippen molar-refractivity contribution in [2.24, 2.45) is 5.92 Å². The Morgan fingerprint density at radius 2 is 2.04 bits per heavy atom. The molecule has 0 saturated carbocycles. The Hall–Kier alpha value is -2.84. The monoisotopic (exact) mass is 366 g/mol. The molecular weight excluding hydrogens is 349 g/mol. The number of hydrogen-bond donors (Lipinski definition) is 1. The fourth-order valence-corrected chi connectivity index (χ4v) is 3.06. The standard InChI is InChI=1S/C17H17F3N4O2/c1-2-15(25)21-14-9-23(8-12(14)17(18,19)20)16(26)10-24-7-11-5-3-4-6-13(11)22-24/h2-7,12,14H,1,8-10H2,(H,21,25)/t12-,14-/m1/s1. The third-order valence-electron chi connectivity index (χ3n) is 4.36. The number of carbonyl (C=O) groups is 2. The largest absolute Gasteiger partial charge is 0.395 e. The molecule has 0 aliphatic carbocycles. The first-order valence-corrected chi connectivity index (χ1v) is 7.97. The van der Waals surface area contributed by atoms with Crippen LogP contribution >= 0.6 is 0 Å². The van der Waals surface area contributed by atoms with Crippen molar-refractivity contribution in [3.63, 3.8) is 0 Å².